The van der Waals surface area contributed by atoms with Gasteiger partial charge >= 0.3 is 0 Å². The van der Waals surface area contributed by atoms with Crippen molar-refractivity contribution in [3.8, 4) is 0 Å². The minimum absolute atomic E-state index is 0.125. The number of benzene rings is 1. The van der Waals surface area contributed by atoms with Gasteiger partial charge in [0.15, 0.2) is 0 Å². The molecule has 1 aromatic carbocycles. The molecule has 102 valence electrons. The fourth-order valence-corrected chi connectivity index (χ4v) is 3.42. The zero-order valence-corrected chi connectivity index (χ0v) is 11.4. The molecule has 0 saturated carbocycles. The molecule has 3 heterocycles. The molecule has 3 aliphatic heterocycles. The summed E-state index contributed by atoms with van der Waals surface area (Å²) in [5.74, 6) is -0.918. The standard InChI is InChI=1S/C16H15NO3/c1-8-3-4-10(7-9(8)2)17-15(18)13-11-5-6-12(20-11)14(13)16(17)19/h3-7,11-14H,1-2H3. The van der Waals surface area contributed by atoms with Gasteiger partial charge in [-0.1, -0.05) is 18.2 Å². The highest BCUT2D eigenvalue weighted by molar-refractivity contribution is 6.23. The molecule has 0 spiro atoms. The molecule has 0 aliphatic carbocycles. The molecule has 2 fully saturated rings. The first-order valence-electron chi connectivity index (χ1n) is 6.87. The van der Waals surface area contributed by atoms with Gasteiger partial charge in [-0.3, -0.25) is 9.59 Å². The third kappa shape index (κ3) is 1.34. The summed E-state index contributed by atoms with van der Waals surface area (Å²) in [4.78, 5) is 26.5. The van der Waals surface area contributed by atoms with Crippen molar-refractivity contribution >= 4 is 17.5 Å². The second-order valence-corrected chi connectivity index (χ2v) is 5.78. The zero-order valence-electron chi connectivity index (χ0n) is 11.4. The van der Waals surface area contributed by atoms with Crippen LogP contribution >= 0.6 is 0 Å². The van der Waals surface area contributed by atoms with Crippen molar-refractivity contribution < 1.29 is 14.3 Å². The molecule has 2 amide bonds. The number of fused-ring (bicyclic) bond motifs is 5. The van der Waals surface area contributed by atoms with E-state index >= 15 is 0 Å². The predicted octanol–water partition coefficient (Wildman–Crippen LogP) is 1.75. The largest absolute Gasteiger partial charge is 0.365 e. The van der Waals surface area contributed by atoms with Crippen LogP contribution in [0.2, 0.25) is 0 Å². The fourth-order valence-electron chi connectivity index (χ4n) is 3.42. The van der Waals surface area contributed by atoms with Crippen LogP contribution in [0.1, 0.15) is 11.1 Å². The number of carbonyl (C=O) groups is 2. The van der Waals surface area contributed by atoms with Crippen LogP contribution in [0.15, 0.2) is 30.4 Å². The molecule has 2 saturated heterocycles. The first-order valence-corrected chi connectivity index (χ1v) is 6.87. The lowest BCUT2D eigenvalue weighted by Gasteiger charge is -2.18. The molecule has 4 heteroatoms. The molecular weight excluding hydrogens is 254 g/mol. The van der Waals surface area contributed by atoms with Crippen LogP contribution in [0.25, 0.3) is 0 Å². The third-order valence-corrected chi connectivity index (χ3v) is 4.66. The fraction of sp³-hybridized carbons (Fsp3) is 0.375. The van der Waals surface area contributed by atoms with Crippen molar-refractivity contribution in [3.63, 3.8) is 0 Å². The highest BCUT2D eigenvalue weighted by Crippen LogP contribution is 2.46. The number of hydrogen-bond donors (Lipinski definition) is 0. The molecule has 0 radical (unpaired) electrons. The Morgan fingerprint density at radius 2 is 1.55 bits per heavy atom. The van der Waals surface area contributed by atoms with Crippen LogP contribution in [0.5, 0.6) is 0 Å². The van der Waals surface area contributed by atoms with Crippen LogP contribution in [0.3, 0.4) is 0 Å². The van der Waals surface area contributed by atoms with Crippen molar-refractivity contribution in [2.24, 2.45) is 11.8 Å². The molecule has 4 rings (SSSR count). The van der Waals surface area contributed by atoms with Crippen molar-refractivity contribution in [3.05, 3.63) is 41.5 Å². The number of nitrogens with zero attached hydrogens (tertiary/aromatic N) is 1. The van der Waals surface area contributed by atoms with E-state index < -0.39 is 0 Å². The number of imide groups is 1. The lowest BCUT2D eigenvalue weighted by atomic mass is 9.85. The van der Waals surface area contributed by atoms with Crippen LogP contribution in [0.4, 0.5) is 5.69 Å². The third-order valence-electron chi connectivity index (χ3n) is 4.66. The molecule has 2 bridgehead atoms. The average Bonchev–Trinajstić information content (AvgIpc) is 3.08. The summed E-state index contributed by atoms with van der Waals surface area (Å²) in [6.07, 6.45) is 3.36. The van der Waals surface area contributed by atoms with E-state index in [4.69, 9.17) is 4.74 Å². The van der Waals surface area contributed by atoms with Crippen LogP contribution in [0, 0.1) is 25.7 Å². The summed E-state index contributed by atoms with van der Waals surface area (Å²) in [5.41, 5.74) is 2.91. The second-order valence-electron chi connectivity index (χ2n) is 5.78. The van der Waals surface area contributed by atoms with Crippen molar-refractivity contribution in [2.45, 2.75) is 26.1 Å². The number of hydrogen-bond acceptors (Lipinski definition) is 3. The van der Waals surface area contributed by atoms with Crippen molar-refractivity contribution in [1.29, 1.82) is 0 Å². The summed E-state index contributed by atoms with van der Waals surface area (Å²) in [6, 6.07) is 5.69. The summed E-state index contributed by atoms with van der Waals surface area (Å²) >= 11 is 0. The Kier molecular flexibility index (Phi) is 2.25. The van der Waals surface area contributed by atoms with Gasteiger partial charge in [-0.15, -0.1) is 0 Å². The minimum atomic E-state index is -0.334. The first kappa shape index (κ1) is 11.9. The van der Waals surface area contributed by atoms with Gasteiger partial charge in [-0.05, 0) is 37.1 Å². The van der Waals surface area contributed by atoms with Gasteiger partial charge < -0.3 is 4.74 Å². The highest BCUT2D eigenvalue weighted by Gasteiger charge is 2.60. The van der Waals surface area contributed by atoms with Gasteiger partial charge in [0.25, 0.3) is 0 Å². The van der Waals surface area contributed by atoms with E-state index in [-0.39, 0.29) is 35.9 Å². The van der Waals surface area contributed by atoms with Gasteiger partial charge in [0, 0.05) is 0 Å². The van der Waals surface area contributed by atoms with Gasteiger partial charge in [0.1, 0.15) is 0 Å². The Morgan fingerprint density at radius 3 is 2.10 bits per heavy atom. The average molecular weight is 269 g/mol. The lowest BCUT2D eigenvalue weighted by molar-refractivity contribution is -0.124. The maximum atomic E-state index is 12.6. The van der Waals surface area contributed by atoms with Crippen molar-refractivity contribution in [1.82, 2.24) is 0 Å². The summed E-state index contributed by atoms with van der Waals surface area (Å²) in [6.45, 7) is 4.00. The van der Waals surface area contributed by atoms with E-state index in [1.54, 1.807) is 0 Å². The number of amides is 2. The number of anilines is 1. The topological polar surface area (TPSA) is 46.6 Å². The molecule has 4 nitrogen and oxygen atoms in total. The number of rotatable bonds is 1. The Balaban J connectivity index is 1.76. The van der Waals surface area contributed by atoms with Gasteiger partial charge in [-0.2, -0.15) is 0 Å². The Bertz CT molecular complexity index is 634. The smallest absolute Gasteiger partial charge is 0.240 e. The molecule has 4 atom stereocenters. The predicted molar refractivity (Wildman–Crippen MR) is 73.2 cm³/mol. The van der Waals surface area contributed by atoms with E-state index in [0.717, 1.165) is 11.1 Å². The van der Waals surface area contributed by atoms with E-state index in [9.17, 15) is 9.59 Å². The Morgan fingerprint density at radius 1 is 0.950 bits per heavy atom. The molecule has 0 aromatic heterocycles. The number of carbonyl (C=O) groups excluding carboxylic acids is 2. The van der Waals surface area contributed by atoms with Gasteiger partial charge in [0.05, 0.1) is 29.7 Å². The van der Waals surface area contributed by atoms with Gasteiger partial charge in [-0.25, -0.2) is 4.90 Å². The first-order chi connectivity index (χ1) is 9.58. The van der Waals surface area contributed by atoms with Crippen LogP contribution < -0.4 is 4.90 Å². The van der Waals surface area contributed by atoms with E-state index in [0.29, 0.717) is 5.69 Å². The lowest BCUT2D eigenvalue weighted by Crippen LogP contribution is -2.34. The summed E-state index contributed by atoms with van der Waals surface area (Å²) in [5, 5.41) is 0. The minimum Gasteiger partial charge on any atom is -0.365 e. The maximum Gasteiger partial charge on any atom is 0.240 e. The van der Waals surface area contributed by atoms with E-state index in [2.05, 4.69) is 0 Å². The zero-order chi connectivity index (χ0) is 14.0. The maximum absolute atomic E-state index is 12.6. The monoisotopic (exact) mass is 269 g/mol. The van der Waals surface area contributed by atoms with Crippen molar-refractivity contribution in [2.75, 3.05) is 4.90 Å². The van der Waals surface area contributed by atoms with Gasteiger partial charge in [0.2, 0.25) is 11.8 Å². The molecular formula is C16H15NO3. The Hall–Kier alpha value is -1.94. The molecule has 4 unspecified atom stereocenters. The highest BCUT2D eigenvalue weighted by atomic mass is 16.5. The van der Waals surface area contributed by atoms with Crippen LogP contribution in [-0.4, -0.2) is 24.0 Å². The van der Waals surface area contributed by atoms with E-state index in [1.807, 2.05) is 44.2 Å². The Labute approximate surface area is 117 Å². The number of aryl methyl sites for hydroxylation is 2. The van der Waals surface area contributed by atoms with E-state index in [1.165, 1.54) is 4.90 Å². The molecule has 3 aliphatic rings. The molecule has 0 N–H and O–H groups in total. The van der Waals surface area contributed by atoms with Crippen LogP contribution in [-0.2, 0) is 14.3 Å². The second kappa shape index (κ2) is 3.79. The quantitative estimate of drug-likeness (QED) is 0.576. The SMILES string of the molecule is Cc1ccc(N2C(=O)C3C4C=CC(O4)C3C2=O)cc1C. The number of ether oxygens (including phenoxy) is 1. The normalized spacial score (nSPS) is 34.2. The molecule has 20 heavy (non-hydrogen) atoms. The molecule has 1 aromatic rings. The summed E-state index contributed by atoms with van der Waals surface area (Å²) < 4.78 is 5.63. The summed E-state index contributed by atoms with van der Waals surface area (Å²) in [7, 11) is 0.